The Balaban J connectivity index is 1.76. The van der Waals surface area contributed by atoms with E-state index in [1.54, 1.807) is 24.3 Å². The number of anilines is 1. The molecule has 0 spiro atoms. The van der Waals surface area contributed by atoms with Gasteiger partial charge in [-0.15, -0.1) is 0 Å². The fourth-order valence-electron chi connectivity index (χ4n) is 3.56. The molecule has 2 amide bonds. The second kappa shape index (κ2) is 11.5. The Kier molecular flexibility index (Phi) is 8.65. The first-order valence-electron chi connectivity index (χ1n) is 11.3. The number of para-hydroxylation sites is 2. The lowest BCUT2D eigenvalue weighted by molar-refractivity contribution is -0.118. The molecule has 1 atom stereocenters. The number of nitrogens with one attached hydrogen (secondary N) is 2. The quantitative estimate of drug-likeness (QED) is 0.560. The summed E-state index contributed by atoms with van der Waals surface area (Å²) in [6.07, 6.45) is 0. The van der Waals surface area contributed by atoms with E-state index in [2.05, 4.69) is 10.6 Å². The highest BCUT2D eigenvalue weighted by atomic mass is 32.2. The van der Waals surface area contributed by atoms with E-state index in [1.807, 2.05) is 20.8 Å². The Morgan fingerprint density at radius 3 is 2.47 bits per heavy atom. The van der Waals surface area contributed by atoms with E-state index in [4.69, 9.17) is 9.47 Å². The van der Waals surface area contributed by atoms with Gasteiger partial charge in [-0.1, -0.05) is 32.0 Å². The zero-order valence-electron chi connectivity index (χ0n) is 19.6. The highest BCUT2D eigenvalue weighted by molar-refractivity contribution is 7.89. The molecule has 1 aliphatic rings. The van der Waals surface area contributed by atoms with Gasteiger partial charge in [-0.05, 0) is 43.2 Å². The van der Waals surface area contributed by atoms with Crippen molar-refractivity contribution in [2.24, 2.45) is 5.92 Å². The maximum absolute atomic E-state index is 13.0. The molecule has 1 fully saturated rings. The summed E-state index contributed by atoms with van der Waals surface area (Å²) < 4.78 is 38.0. The average Bonchev–Trinajstić information content (AvgIpc) is 2.84. The summed E-state index contributed by atoms with van der Waals surface area (Å²) in [6, 6.07) is 12.0. The fraction of sp³-hybridized carbons (Fsp3) is 0.417. The van der Waals surface area contributed by atoms with Crippen LogP contribution in [0.2, 0.25) is 0 Å². The largest absolute Gasteiger partial charge is 0.492 e. The van der Waals surface area contributed by atoms with Crippen molar-refractivity contribution in [2.75, 3.05) is 38.2 Å². The van der Waals surface area contributed by atoms with Gasteiger partial charge >= 0.3 is 0 Å². The van der Waals surface area contributed by atoms with Crippen molar-refractivity contribution >= 4 is 27.5 Å². The number of benzene rings is 2. The van der Waals surface area contributed by atoms with Gasteiger partial charge in [0.1, 0.15) is 11.8 Å². The highest BCUT2D eigenvalue weighted by Crippen LogP contribution is 2.24. The molecule has 0 aromatic heterocycles. The first-order valence-corrected chi connectivity index (χ1v) is 12.7. The van der Waals surface area contributed by atoms with E-state index < -0.39 is 27.9 Å². The average molecular weight is 490 g/mol. The zero-order chi connectivity index (χ0) is 24.7. The molecule has 0 bridgehead atoms. The number of rotatable bonds is 9. The van der Waals surface area contributed by atoms with E-state index in [0.717, 1.165) is 0 Å². The van der Waals surface area contributed by atoms with Crippen LogP contribution in [0.25, 0.3) is 0 Å². The minimum Gasteiger partial charge on any atom is -0.492 e. The molecular formula is C24H31N3O6S. The van der Waals surface area contributed by atoms with Crippen molar-refractivity contribution in [3.8, 4) is 5.75 Å². The number of carbonyl (C=O) groups is 2. The molecule has 0 aliphatic carbocycles. The third-order valence-corrected chi connectivity index (χ3v) is 7.28. The summed E-state index contributed by atoms with van der Waals surface area (Å²) >= 11 is 0. The van der Waals surface area contributed by atoms with Crippen LogP contribution in [0.15, 0.2) is 53.4 Å². The summed E-state index contributed by atoms with van der Waals surface area (Å²) in [6.45, 7) is 7.11. The van der Waals surface area contributed by atoms with E-state index in [9.17, 15) is 18.0 Å². The third-order valence-electron chi connectivity index (χ3n) is 5.38. The van der Waals surface area contributed by atoms with Crippen LogP contribution in [0.4, 0.5) is 5.69 Å². The number of nitrogens with zero attached hydrogens (tertiary/aromatic N) is 1. The maximum Gasteiger partial charge on any atom is 0.251 e. The minimum atomic E-state index is -3.75. The van der Waals surface area contributed by atoms with Gasteiger partial charge in [0, 0.05) is 18.7 Å². The van der Waals surface area contributed by atoms with Crippen LogP contribution in [0, 0.1) is 5.92 Å². The van der Waals surface area contributed by atoms with Crippen LogP contribution in [-0.4, -0.2) is 63.5 Å². The van der Waals surface area contributed by atoms with Crippen molar-refractivity contribution in [3.05, 3.63) is 54.1 Å². The van der Waals surface area contributed by atoms with Crippen molar-refractivity contribution in [1.29, 1.82) is 0 Å². The van der Waals surface area contributed by atoms with Crippen LogP contribution in [0.3, 0.4) is 0 Å². The number of hydrogen-bond donors (Lipinski definition) is 2. The van der Waals surface area contributed by atoms with Crippen LogP contribution in [-0.2, 0) is 19.6 Å². The summed E-state index contributed by atoms with van der Waals surface area (Å²) in [7, 11) is -3.75. The van der Waals surface area contributed by atoms with E-state index in [1.165, 1.54) is 28.6 Å². The summed E-state index contributed by atoms with van der Waals surface area (Å²) in [4.78, 5) is 26.0. The summed E-state index contributed by atoms with van der Waals surface area (Å²) in [5.41, 5.74) is 0.662. The predicted octanol–water partition coefficient (Wildman–Crippen LogP) is 2.50. The van der Waals surface area contributed by atoms with Gasteiger partial charge in [0.15, 0.2) is 0 Å². The molecule has 2 N–H and O–H groups in total. The second-order valence-corrected chi connectivity index (χ2v) is 10.1. The molecule has 0 unspecified atom stereocenters. The van der Waals surface area contributed by atoms with Crippen molar-refractivity contribution in [2.45, 2.75) is 31.7 Å². The van der Waals surface area contributed by atoms with Gasteiger partial charge in [-0.25, -0.2) is 8.42 Å². The number of morpholine rings is 1. The topological polar surface area (TPSA) is 114 Å². The third kappa shape index (κ3) is 6.13. The molecule has 2 aromatic rings. The maximum atomic E-state index is 13.0. The van der Waals surface area contributed by atoms with Crippen LogP contribution >= 0.6 is 0 Å². The van der Waals surface area contributed by atoms with Gasteiger partial charge in [0.25, 0.3) is 5.91 Å². The Hall–Kier alpha value is -2.95. The SMILES string of the molecule is CCOc1ccccc1NC(=O)[C@H](NC(=O)c1cccc(S(=O)(=O)N2CCOCC2)c1)C(C)C. The predicted molar refractivity (Wildman–Crippen MR) is 128 cm³/mol. The molecule has 1 saturated heterocycles. The Labute approximate surface area is 200 Å². The molecule has 2 aromatic carbocycles. The molecule has 1 heterocycles. The number of amides is 2. The van der Waals surface area contributed by atoms with Gasteiger partial charge in [-0.2, -0.15) is 4.31 Å². The molecule has 0 saturated carbocycles. The van der Waals surface area contributed by atoms with Gasteiger partial charge in [-0.3, -0.25) is 9.59 Å². The zero-order valence-corrected chi connectivity index (χ0v) is 20.4. The summed E-state index contributed by atoms with van der Waals surface area (Å²) in [5.74, 6) is -0.616. The minimum absolute atomic E-state index is 0.0261. The molecule has 1 aliphatic heterocycles. The molecule has 0 radical (unpaired) electrons. The lowest BCUT2D eigenvalue weighted by atomic mass is 10.0. The lowest BCUT2D eigenvalue weighted by Gasteiger charge is -2.26. The first-order chi connectivity index (χ1) is 16.2. The van der Waals surface area contributed by atoms with Gasteiger partial charge in [0.2, 0.25) is 15.9 Å². The summed E-state index contributed by atoms with van der Waals surface area (Å²) in [5, 5.41) is 5.56. The fourth-order valence-corrected chi connectivity index (χ4v) is 5.01. The van der Waals surface area contributed by atoms with Crippen LogP contribution in [0.5, 0.6) is 5.75 Å². The van der Waals surface area contributed by atoms with Crippen molar-refractivity contribution in [1.82, 2.24) is 9.62 Å². The normalized spacial score (nSPS) is 15.5. The van der Waals surface area contributed by atoms with Crippen LogP contribution in [0.1, 0.15) is 31.1 Å². The first kappa shape index (κ1) is 25.7. The Bertz CT molecular complexity index is 1110. The monoisotopic (exact) mass is 489 g/mol. The van der Waals surface area contributed by atoms with Crippen molar-refractivity contribution in [3.63, 3.8) is 0 Å². The highest BCUT2D eigenvalue weighted by Gasteiger charge is 2.29. The standard InChI is InChI=1S/C24H31N3O6S/c1-4-33-21-11-6-5-10-20(21)25-24(29)22(17(2)3)26-23(28)18-8-7-9-19(16-18)34(30,31)27-12-14-32-15-13-27/h5-11,16-17,22H,4,12-15H2,1-3H3,(H,25,29)(H,26,28)/t22-/m1/s1. The van der Waals surface area contributed by atoms with Crippen molar-refractivity contribution < 1.29 is 27.5 Å². The molecule has 9 nitrogen and oxygen atoms in total. The smallest absolute Gasteiger partial charge is 0.251 e. The number of ether oxygens (including phenoxy) is 2. The van der Waals surface area contributed by atoms with Gasteiger partial charge in [0.05, 0.1) is 30.4 Å². The Morgan fingerprint density at radius 2 is 1.79 bits per heavy atom. The molecule has 3 rings (SSSR count). The van der Waals surface area contributed by atoms with Gasteiger partial charge < -0.3 is 20.1 Å². The number of carbonyl (C=O) groups excluding carboxylic acids is 2. The number of hydrogen-bond acceptors (Lipinski definition) is 6. The van der Waals surface area contributed by atoms with E-state index in [-0.39, 0.29) is 29.5 Å². The van der Waals surface area contributed by atoms with E-state index >= 15 is 0 Å². The molecule has 10 heteroatoms. The Morgan fingerprint density at radius 1 is 1.09 bits per heavy atom. The second-order valence-electron chi connectivity index (χ2n) is 8.16. The van der Waals surface area contributed by atoms with Crippen LogP contribution < -0.4 is 15.4 Å². The molecular weight excluding hydrogens is 458 g/mol. The lowest BCUT2D eigenvalue weighted by Crippen LogP contribution is -2.47. The van der Waals surface area contributed by atoms with E-state index in [0.29, 0.717) is 31.3 Å². The number of sulfonamides is 1. The molecule has 184 valence electrons. The molecule has 34 heavy (non-hydrogen) atoms.